The average molecular weight is 254 g/mol. The van der Waals surface area contributed by atoms with Crippen molar-refractivity contribution in [1.82, 2.24) is 4.98 Å². The Morgan fingerprint density at radius 3 is 2.61 bits per heavy atom. The van der Waals surface area contributed by atoms with Crippen molar-refractivity contribution < 1.29 is 13.2 Å². The molecule has 0 saturated carbocycles. The number of fused-ring (bicyclic) bond motifs is 1. The van der Waals surface area contributed by atoms with Crippen LogP contribution in [0.4, 0.5) is 19.0 Å². The normalized spacial score (nSPS) is 11.7. The molecule has 1 aromatic carbocycles. The van der Waals surface area contributed by atoms with Crippen molar-refractivity contribution in [1.29, 1.82) is 0 Å². The molecule has 0 aliphatic heterocycles. The van der Waals surface area contributed by atoms with Crippen LogP contribution in [0.25, 0.3) is 10.9 Å². The lowest BCUT2D eigenvalue weighted by Gasteiger charge is -2.08. The van der Waals surface area contributed by atoms with E-state index >= 15 is 0 Å². The number of nitrogens with zero attached hydrogens (tertiary/aromatic N) is 1. The molecule has 2 rings (SSSR count). The van der Waals surface area contributed by atoms with E-state index in [1.807, 2.05) is 30.3 Å². The fourth-order valence-electron chi connectivity index (χ4n) is 1.67. The van der Waals surface area contributed by atoms with Gasteiger partial charge in [0.05, 0.1) is 5.52 Å². The quantitative estimate of drug-likeness (QED) is 0.834. The number of nitrogens with one attached hydrogen (secondary N) is 1. The van der Waals surface area contributed by atoms with Gasteiger partial charge in [-0.2, -0.15) is 13.2 Å². The lowest BCUT2D eigenvalue weighted by atomic mass is 10.2. The lowest BCUT2D eigenvalue weighted by molar-refractivity contribution is -0.134. The summed E-state index contributed by atoms with van der Waals surface area (Å²) in [6.07, 6.45) is -4.80. The average Bonchev–Trinajstić information content (AvgIpc) is 2.33. The van der Waals surface area contributed by atoms with Gasteiger partial charge in [-0.1, -0.05) is 18.2 Å². The van der Waals surface area contributed by atoms with Crippen molar-refractivity contribution in [2.45, 2.75) is 19.0 Å². The molecule has 0 atom stereocenters. The third kappa shape index (κ3) is 3.61. The molecule has 0 aliphatic carbocycles. The number of pyridine rings is 1. The topological polar surface area (TPSA) is 24.9 Å². The van der Waals surface area contributed by atoms with Crippen LogP contribution in [0, 0.1) is 0 Å². The van der Waals surface area contributed by atoms with Crippen LogP contribution in [0.3, 0.4) is 0 Å². The highest BCUT2D eigenvalue weighted by Crippen LogP contribution is 2.21. The van der Waals surface area contributed by atoms with Crippen molar-refractivity contribution in [3.05, 3.63) is 36.4 Å². The maximum atomic E-state index is 11.9. The van der Waals surface area contributed by atoms with E-state index in [0.29, 0.717) is 5.82 Å². The molecule has 1 aromatic heterocycles. The molecule has 0 fully saturated rings. The molecular weight excluding hydrogens is 241 g/mol. The Morgan fingerprint density at radius 2 is 1.83 bits per heavy atom. The predicted octanol–water partition coefficient (Wildman–Crippen LogP) is 3.99. The highest BCUT2D eigenvalue weighted by atomic mass is 19.4. The first kappa shape index (κ1) is 12.7. The summed E-state index contributed by atoms with van der Waals surface area (Å²) in [6, 6.07) is 11.3. The number of para-hydroxylation sites is 1. The lowest BCUT2D eigenvalue weighted by Crippen LogP contribution is -2.11. The van der Waals surface area contributed by atoms with E-state index in [1.54, 1.807) is 6.07 Å². The van der Waals surface area contributed by atoms with Crippen LogP contribution in [-0.4, -0.2) is 17.7 Å². The summed E-state index contributed by atoms with van der Waals surface area (Å²) < 4.78 is 35.8. The summed E-state index contributed by atoms with van der Waals surface area (Å²) in [5.74, 6) is 0.607. The van der Waals surface area contributed by atoms with Gasteiger partial charge >= 0.3 is 6.18 Å². The van der Waals surface area contributed by atoms with Gasteiger partial charge in [0, 0.05) is 18.4 Å². The van der Waals surface area contributed by atoms with Gasteiger partial charge in [-0.05, 0) is 24.6 Å². The van der Waals surface area contributed by atoms with Crippen molar-refractivity contribution in [2.24, 2.45) is 0 Å². The molecule has 0 radical (unpaired) electrons. The highest BCUT2D eigenvalue weighted by molar-refractivity contribution is 5.79. The summed E-state index contributed by atoms with van der Waals surface area (Å²) in [5.41, 5.74) is 0.832. The summed E-state index contributed by atoms with van der Waals surface area (Å²) in [7, 11) is 0. The van der Waals surface area contributed by atoms with Crippen LogP contribution >= 0.6 is 0 Å². The number of rotatable bonds is 4. The fraction of sp³-hybridized carbons (Fsp3) is 0.308. The van der Waals surface area contributed by atoms with E-state index in [2.05, 4.69) is 10.3 Å². The largest absolute Gasteiger partial charge is 0.389 e. The first-order valence-electron chi connectivity index (χ1n) is 5.71. The highest BCUT2D eigenvalue weighted by Gasteiger charge is 2.25. The van der Waals surface area contributed by atoms with Gasteiger partial charge in [-0.25, -0.2) is 4.98 Å². The molecule has 1 heterocycles. The molecule has 18 heavy (non-hydrogen) atoms. The zero-order chi connectivity index (χ0) is 13.0. The molecule has 0 saturated heterocycles. The summed E-state index contributed by atoms with van der Waals surface area (Å²) in [6.45, 7) is 0.269. The molecule has 0 amide bonds. The third-order valence-corrected chi connectivity index (χ3v) is 2.54. The van der Waals surface area contributed by atoms with Crippen molar-refractivity contribution >= 4 is 16.7 Å². The first-order chi connectivity index (χ1) is 8.54. The molecule has 0 bridgehead atoms. The van der Waals surface area contributed by atoms with E-state index in [4.69, 9.17) is 0 Å². The maximum absolute atomic E-state index is 11.9. The Labute approximate surface area is 103 Å². The van der Waals surface area contributed by atoms with Gasteiger partial charge < -0.3 is 5.32 Å². The zero-order valence-corrected chi connectivity index (χ0v) is 9.67. The summed E-state index contributed by atoms with van der Waals surface area (Å²) >= 11 is 0. The van der Waals surface area contributed by atoms with Gasteiger partial charge in [0.25, 0.3) is 0 Å². The van der Waals surface area contributed by atoms with Crippen LogP contribution in [0.2, 0.25) is 0 Å². The van der Waals surface area contributed by atoms with Crippen LogP contribution < -0.4 is 5.32 Å². The van der Waals surface area contributed by atoms with Gasteiger partial charge in [-0.15, -0.1) is 0 Å². The Hall–Kier alpha value is -1.78. The van der Waals surface area contributed by atoms with Crippen LogP contribution in [0.15, 0.2) is 36.4 Å². The Balaban J connectivity index is 1.92. The van der Waals surface area contributed by atoms with Gasteiger partial charge in [0.1, 0.15) is 5.82 Å². The summed E-state index contributed by atoms with van der Waals surface area (Å²) in [4.78, 5) is 4.32. The zero-order valence-electron chi connectivity index (χ0n) is 9.67. The molecule has 5 heteroatoms. The molecule has 1 N–H and O–H groups in total. The smallest absolute Gasteiger partial charge is 0.370 e. The number of hydrogen-bond acceptors (Lipinski definition) is 2. The molecule has 0 aliphatic rings. The fourth-order valence-corrected chi connectivity index (χ4v) is 1.67. The second kappa shape index (κ2) is 5.25. The van der Waals surface area contributed by atoms with Crippen LogP contribution in [-0.2, 0) is 0 Å². The maximum Gasteiger partial charge on any atom is 0.389 e. The molecule has 96 valence electrons. The van der Waals surface area contributed by atoms with E-state index < -0.39 is 12.6 Å². The number of aromatic nitrogens is 1. The predicted molar refractivity (Wildman–Crippen MR) is 65.5 cm³/mol. The minimum absolute atomic E-state index is 0.0536. The van der Waals surface area contributed by atoms with E-state index in [0.717, 1.165) is 10.9 Å². The molecule has 2 nitrogen and oxygen atoms in total. The number of hydrogen-bond donors (Lipinski definition) is 1. The van der Waals surface area contributed by atoms with E-state index in [1.165, 1.54) is 0 Å². The third-order valence-electron chi connectivity index (χ3n) is 2.54. The first-order valence-corrected chi connectivity index (χ1v) is 5.71. The minimum atomic E-state index is -4.08. The number of alkyl halides is 3. The minimum Gasteiger partial charge on any atom is -0.370 e. The standard InChI is InChI=1S/C13H13F3N2/c14-13(15,16)8-3-9-17-12-7-6-10-4-1-2-5-11(10)18-12/h1-2,4-7H,3,8-9H2,(H,17,18). The van der Waals surface area contributed by atoms with Crippen molar-refractivity contribution in [2.75, 3.05) is 11.9 Å². The number of halogens is 3. The van der Waals surface area contributed by atoms with Gasteiger partial charge in [0.15, 0.2) is 0 Å². The van der Waals surface area contributed by atoms with Crippen molar-refractivity contribution in [3.8, 4) is 0 Å². The van der Waals surface area contributed by atoms with E-state index in [-0.39, 0.29) is 13.0 Å². The Morgan fingerprint density at radius 1 is 1.06 bits per heavy atom. The molecular formula is C13H13F3N2. The number of anilines is 1. The van der Waals surface area contributed by atoms with Gasteiger partial charge in [0.2, 0.25) is 0 Å². The second-order valence-corrected chi connectivity index (χ2v) is 4.03. The Bertz CT molecular complexity index is 523. The van der Waals surface area contributed by atoms with E-state index in [9.17, 15) is 13.2 Å². The van der Waals surface area contributed by atoms with Crippen LogP contribution in [0.5, 0.6) is 0 Å². The SMILES string of the molecule is FC(F)(F)CCCNc1ccc2ccccc2n1. The molecule has 0 spiro atoms. The monoisotopic (exact) mass is 254 g/mol. The van der Waals surface area contributed by atoms with Gasteiger partial charge in [-0.3, -0.25) is 0 Å². The van der Waals surface area contributed by atoms with Crippen molar-refractivity contribution in [3.63, 3.8) is 0 Å². The summed E-state index contributed by atoms with van der Waals surface area (Å²) in [5, 5.41) is 3.91. The number of benzene rings is 1. The molecule has 0 unspecified atom stereocenters. The second-order valence-electron chi connectivity index (χ2n) is 4.03. The molecule has 2 aromatic rings. The van der Waals surface area contributed by atoms with Crippen LogP contribution in [0.1, 0.15) is 12.8 Å². The Kier molecular flexibility index (Phi) is 3.69.